The molecule has 0 spiro atoms. The number of carbonyl (C=O) groups is 1. The summed E-state index contributed by atoms with van der Waals surface area (Å²) in [5.74, 6) is -0.793. The number of carbonyl (C=O) groups excluding carboxylic acids is 1. The second-order valence-corrected chi connectivity index (χ2v) is 5.73. The first-order valence-electron chi connectivity index (χ1n) is 6.55. The van der Waals surface area contributed by atoms with Gasteiger partial charge in [-0.2, -0.15) is 0 Å². The highest BCUT2D eigenvalue weighted by Gasteiger charge is 2.46. The van der Waals surface area contributed by atoms with Crippen LogP contribution in [0.1, 0.15) is 17.9 Å². The lowest BCUT2D eigenvalue weighted by atomic mass is 10.1. The highest BCUT2D eigenvalue weighted by molar-refractivity contribution is 6.31. The number of hydrogen-bond donors (Lipinski definition) is 2. The van der Waals surface area contributed by atoms with Crippen molar-refractivity contribution >= 4 is 34.9 Å². The SMILES string of the molecule is O=C(NNc1ccc(Cl)nn1)[C@@H]1C[C@@H]1c1c(F)cccc1Cl. The Morgan fingerprint density at radius 2 is 2.05 bits per heavy atom. The molecular formula is C14H11Cl2FN4O. The van der Waals surface area contributed by atoms with Crippen LogP contribution in [-0.2, 0) is 4.79 Å². The number of rotatable bonds is 4. The molecule has 1 aromatic heterocycles. The molecule has 114 valence electrons. The maximum Gasteiger partial charge on any atom is 0.242 e. The highest BCUT2D eigenvalue weighted by Crippen LogP contribution is 2.50. The van der Waals surface area contributed by atoms with Gasteiger partial charge in [0.05, 0.1) is 0 Å². The van der Waals surface area contributed by atoms with Gasteiger partial charge in [-0.3, -0.25) is 15.6 Å². The molecule has 8 heteroatoms. The van der Waals surface area contributed by atoms with Crippen LogP contribution in [0.5, 0.6) is 0 Å². The van der Waals surface area contributed by atoms with E-state index in [0.29, 0.717) is 22.8 Å². The molecule has 1 amide bonds. The minimum absolute atomic E-state index is 0.202. The van der Waals surface area contributed by atoms with Crippen LogP contribution in [0.4, 0.5) is 10.2 Å². The van der Waals surface area contributed by atoms with Crippen LogP contribution in [0.3, 0.4) is 0 Å². The first-order valence-corrected chi connectivity index (χ1v) is 7.31. The van der Waals surface area contributed by atoms with E-state index in [9.17, 15) is 9.18 Å². The van der Waals surface area contributed by atoms with E-state index in [1.54, 1.807) is 24.3 Å². The van der Waals surface area contributed by atoms with E-state index in [4.69, 9.17) is 23.2 Å². The van der Waals surface area contributed by atoms with Gasteiger partial charge in [-0.1, -0.05) is 29.3 Å². The van der Waals surface area contributed by atoms with Gasteiger partial charge in [0, 0.05) is 22.4 Å². The quantitative estimate of drug-likeness (QED) is 0.839. The molecule has 2 atom stereocenters. The Labute approximate surface area is 135 Å². The molecule has 1 aliphatic carbocycles. The fraction of sp³-hybridized carbons (Fsp3) is 0.214. The number of nitrogens with one attached hydrogen (secondary N) is 2. The van der Waals surface area contributed by atoms with Gasteiger partial charge in [0.1, 0.15) is 5.82 Å². The van der Waals surface area contributed by atoms with Gasteiger partial charge in [0.25, 0.3) is 0 Å². The number of hydrazine groups is 1. The summed E-state index contributed by atoms with van der Waals surface area (Å²) in [6, 6.07) is 7.63. The molecule has 0 bridgehead atoms. The van der Waals surface area contributed by atoms with Gasteiger partial charge < -0.3 is 0 Å². The molecular weight excluding hydrogens is 330 g/mol. The predicted octanol–water partition coefficient (Wildman–Crippen LogP) is 3.17. The van der Waals surface area contributed by atoms with Crippen molar-refractivity contribution in [3.05, 3.63) is 51.9 Å². The number of hydrogen-bond acceptors (Lipinski definition) is 4. The van der Waals surface area contributed by atoms with Crippen LogP contribution in [0, 0.1) is 11.7 Å². The van der Waals surface area contributed by atoms with Crippen LogP contribution < -0.4 is 10.9 Å². The van der Waals surface area contributed by atoms with E-state index in [0.717, 1.165) is 0 Å². The summed E-state index contributed by atoms with van der Waals surface area (Å²) >= 11 is 11.6. The molecule has 0 aliphatic heterocycles. The number of aromatic nitrogens is 2. The van der Waals surface area contributed by atoms with Crippen LogP contribution in [-0.4, -0.2) is 16.1 Å². The maximum atomic E-state index is 13.8. The standard InChI is InChI=1S/C14H11Cl2FN4O/c15-9-2-1-3-10(17)13(9)7-6-8(7)14(22)21-20-12-5-4-11(16)18-19-12/h1-5,7-8H,6H2,(H,19,20)(H,21,22)/t7-,8+/m0/s1. The molecule has 1 fully saturated rings. The number of halogens is 3. The van der Waals surface area contributed by atoms with E-state index in [1.807, 2.05) is 0 Å². The van der Waals surface area contributed by atoms with Crippen LogP contribution >= 0.6 is 23.2 Å². The zero-order chi connectivity index (χ0) is 15.7. The van der Waals surface area contributed by atoms with E-state index in [-0.39, 0.29) is 28.7 Å². The minimum Gasteiger partial charge on any atom is -0.280 e. The average molecular weight is 341 g/mol. The Morgan fingerprint density at radius 3 is 2.73 bits per heavy atom. The molecule has 5 nitrogen and oxygen atoms in total. The molecule has 0 unspecified atom stereocenters. The third-order valence-electron chi connectivity index (χ3n) is 3.44. The molecule has 2 N–H and O–H groups in total. The van der Waals surface area contributed by atoms with E-state index < -0.39 is 0 Å². The zero-order valence-corrected chi connectivity index (χ0v) is 12.7. The fourth-order valence-electron chi connectivity index (χ4n) is 2.27. The second-order valence-electron chi connectivity index (χ2n) is 4.94. The lowest BCUT2D eigenvalue weighted by molar-refractivity contribution is -0.121. The lowest BCUT2D eigenvalue weighted by Crippen LogP contribution is -2.31. The van der Waals surface area contributed by atoms with Crippen LogP contribution in [0.2, 0.25) is 10.2 Å². The summed E-state index contributed by atoms with van der Waals surface area (Å²) in [5, 5.41) is 7.99. The Kier molecular flexibility index (Phi) is 4.13. The molecule has 3 rings (SSSR count). The molecule has 1 aliphatic rings. The predicted molar refractivity (Wildman–Crippen MR) is 81.1 cm³/mol. The number of anilines is 1. The monoisotopic (exact) mass is 340 g/mol. The van der Waals surface area contributed by atoms with E-state index in [2.05, 4.69) is 21.0 Å². The Morgan fingerprint density at radius 1 is 1.23 bits per heavy atom. The summed E-state index contributed by atoms with van der Waals surface area (Å²) in [6.45, 7) is 0. The number of amides is 1. The van der Waals surface area contributed by atoms with Crippen LogP contribution in [0.15, 0.2) is 30.3 Å². The van der Waals surface area contributed by atoms with Crippen molar-refractivity contribution in [1.82, 2.24) is 15.6 Å². The lowest BCUT2D eigenvalue weighted by Gasteiger charge is -2.08. The number of nitrogens with zero attached hydrogens (tertiary/aromatic N) is 2. The highest BCUT2D eigenvalue weighted by atomic mass is 35.5. The first kappa shape index (κ1) is 15.0. The summed E-state index contributed by atoms with van der Waals surface area (Å²) in [5.41, 5.74) is 5.55. The van der Waals surface area contributed by atoms with E-state index >= 15 is 0 Å². The third-order valence-corrected chi connectivity index (χ3v) is 3.97. The summed E-state index contributed by atoms with van der Waals surface area (Å²) in [7, 11) is 0. The van der Waals surface area contributed by atoms with Crippen LogP contribution in [0.25, 0.3) is 0 Å². The van der Waals surface area contributed by atoms with Gasteiger partial charge >= 0.3 is 0 Å². The molecule has 2 aromatic rings. The summed E-state index contributed by atoms with van der Waals surface area (Å²) < 4.78 is 13.8. The molecule has 1 saturated carbocycles. The van der Waals surface area contributed by atoms with Crippen molar-refractivity contribution in [1.29, 1.82) is 0 Å². The normalized spacial score (nSPS) is 19.6. The van der Waals surface area contributed by atoms with Gasteiger partial charge in [-0.05, 0) is 30.7 Å². The topological polar surface area (TPSA) is 66.9 Å². The van der Waals surface area contributed by atoms with Crippen molar-refractivity contribution < 1.29 is 9.18 Å². The van der Waals surface area contributed by atoms with Crippen molar-refractivity contribution in [2.45, 2.75) is 12.3 Å². The molecule has 0 saturated heterocycles. The van der Waals surface area contributed by atoms with Crippen molar-refractivity contribution in [2.24, 2.45) is 5.92 Å². The largest absolute Gasteiger partial charge is 0.280 e. The number of benzene rings is 1. The molecule has 22 heavy (non-hydrogen) atoms. The summed E-state index contributed by atoms with van der Waals surface area (Å²) in [4.78, 5) is 12.0. The molecule has 1 aromatic carbocycles. The third kappa shape index (κ3) is 3.13. The van der Waals surface area contributed by atoms with Gasteiger partial charge in [-0.15, -0.1) is 10.2 Å². The van der Waals surface area contributed by atoms with Crippen molar-refractivity contribution in [2.75, 3.05) is 5.43 Å². The van der Waals surface area contributed by atoms with Gasteiger partial charge in [0.2, 0.25) is 5.91 Å². The zero-order valence-electron chi connectivity index (χ0n) is 11.2. The van der Waals surface area contributed by atoms with E-state index in [1.165, 1.54) is 6.07 Å². The molecule has 0 radical (unpaired) electrons. The fourth-order valence-corrected chi connectivity index (χ4v) is 2.67. The van der Waals surface area contributed by atoms with Crippen molar-refractivity contribution in [3.63, 3.8) is 0 Å². The maximum absolute atomic E-state index is 13.8. The molecule has 1 heterocycles. The Bertz CT molecular complexity index is 690. The van der Waals surface area contributed by atoms with Gasteiger partial charge in [-0.25, -0.2) is 4.39 Å². The summed E-state index contributed by atoms with van der Waals surface area (Å²) in [6.07, 6.45) is 0.556. The second kappa shape index (κ2) is 6.06. The smallest absolute Gasteiger partial charge is 0.242 e. The Hall–Kier alpha value is -1.92. The van der Waals surface area contributed by atoms with Gasteiger partial charge in [0.15, 0.2) is 11.0 Å². The minimum atomic E-state index is -0.385. The first-order chi connectivity index (χ1) is 10.6. The Balaban J connectivity index is 1.60. The average Bonchev–Trinajstić information content (AvgIpc) is 3.26. The van der Waals surface area contributed by atoms with Crippen molar-refractivity contribution in [3.8, 4) is 0 Å².